The van der Waals surface area contributed by atoms with Gasteiger partial charge in [-0.2, -0.15) is 0 Å². The topological polar surface area (TPSA) is 41.6 Å². The van der Waals surface area contributed by atoms with Gasteiger partial charge in [0.1, 0.15) is 0 Å². The van der Waals surface area contributed by atoms with Crippen LogP contribution in [0.4, 0.5) is 0 Å². The summed E-state index contributed by atoms with van der Waals surface area (Å²) in [7, 11) is 1.70. The fraction of sp³-hybridized carbons (Fsp3) is 0.941. The molecule has 5 heteroatoms. The number of rotatable bonds is 9. The molecule has 1 amide bonds. The third-order valence-electron chi connectivity index (χ3n) is 4.93. The lowest BCUT2D eigenvalue weighted by Crippen LogP contribution is -2.43. The molecule has 1 N–H and O–H groups in total. The highest BCUT2D eigenvalue weighted by Gasteiger charge is 2.26. The summed E-state index contributed by atoms with van der Waals surface area (Å²) in [6.07, 6.45) is 5.14. The van der Waals surface area contributed by atoms with Crippen LogP contribution >= 0.6 is 12.4 Å². The van der Waals surface area contributed by atoms with Crippen molar-refractivity contribution in [2.75, 3.05) is 33.4 Å². The van der Waals surface area contributed by atoms with E-state index in [-0.39, 0.29) is 12.4 Å². The number of hydrogen-bond acceptors (Lipinski definition) is 3. The summed E-state index contributed by atoms with van der Waals surface area (Å²) in [6.45, 7) is 10.1. The lowest BCUT2D eigenvalue weighted by Gasteiger charge is -2.33. The molecule has 1 aliphatic heterocycles. The van der Waals surface area contributed by atoms with Gasteiger partial charge in [0.2, 0.25) is 5.91 Å². The number of piperidine rings is 1. The van der Waals surface area contributed by atoms with Crippen LogP contribution in [0.25, 0.3) is 0 Å². The largest absolute Gasteiger partial charge is 0.383 e. The lowest BCUT2D eigenvalue weighted by molar-refractivity contribution is -0.135. The zero-order valence-corrected chi connectivity index (χ0v) is 15.6. The first-order chi connectivity index (χ1) is 10.1. The zero-order valence-electron chi connectivity index (χ0n) is 14.8. The van der Waals surface area contributed by atoms with E-state index in [1.807, 2.05) is 0 Å². The molecule has 1 aliphatic rings. The number of halogens is 1. The van der Waals surface area contributed by atoms with Gasteiger partial charge in [-0.25, -0.2) is 0 Å². The molecule has 0 aromatic rings. The Balaban J connectivity index is 0.00000441. The Morgan fingerprint density at radius 3 is 2.36 bits per heavy atom. The molecule has 0 spiro atoms. The first-order valence-electron chi connectivity index (χ1n) is 8.63. The molecule has 0 aromatic carbocycles. The van der Waals surface area contributed by atoms with Crippen LogP contribution in [0.3, 0.4) is 0 Å². The predicted octanol–water partition coefficient (Wildman–Crippen LogP) is 3.10. The van der Waals surface area contributed by atoms with Gasteiger partial charge >= 0.3 is 0 Å². The van der Waals surface area contributed by atoms with E-state index in [4.69, 9.17) is 4.74 Å². The van der Waals surface area contributed by atoms with Crippen LogP contribution in [0.2, 0.25) is 0 Å². The van der Waals surface area contributed by atoms with Crippen molar-refractivity contribution >= 4 is 18.3 Å². The number of nitrogens with one attached hydrogen (secondary N) is 1. The summed E-state index contributed by atoms with van der Waals surface area (Å²) in [5.74, 6) is 1.49. The molecule has 1 atom stereocenters. The monoisotopic (exact) mass is 334 g/mol. The van der Waals surface area contributed by atoms with Gasteiger partial charge in [0, 0.05) is 26.1 Å². The molecule has 1 rings (SSSR count). The molecule has 4 nitrogen and oxygen atoms in total. The van der Waals surface area contributed by atoms with Crippen molar-refractivity contribution in [3.8, 4) is 0 Å². The lowest BCUT2D eigenvalue weighted by atomic mass is 9.84. The van der Waals surface area contributed by atoms with E-state index in [9.17, 15) is 4.79 Å². The number of hydrogen-bond donors (Lipinski definition) is 1. The van der Waals surface area contributed by atoms with E-state index in [1.54, 1.807) is 7.11 Å². The summed E-state index contributed by atoms with van der Waals surface area (Å²) >= 11 is 0. The van der Waals surface area contributed by atoms with Crippen LogP contribution in [0.1, 0.15) is 52.9 Å². The second kappa shape index (κ2) is 12.1. The highest BCUT2D eigenvalue weighted by molar-refractivity contribution is 5.85. The van der Waals surface area contributed by atoms with Crippen molar-refractivity contribution in [3.05, 3.63) is 0 Å². The van der Waals surface area contributed by atoms with Crippen molar-refractivity contribution in [1.29, 1.82) is 0 Å². The minimum Gasteiger partial charge on any atom is -0.383 e. The number of carbonyl (C=O) groups excluding carboxylic acids is 1. The average molecular weight is 335 g/mol. The van der Waals surface area contributed by atoms with Crippen molar-refractivity contribution in [1.82, 2.24) is 10.2 Å². The van der Waals surface area contributed by atoms with Crippen LogP contribution < -0.4 is 5.32 Å². The Bertz CT molecular complexity index is 292. The van der Waals surface area contributed by atoms with Crippen molar-refractivity contribution in [2.24, 2.45) is 11.8 Å². The van der Waals surface area contributed by atoms with Crippen molar-refractivity contribution < 1.29 is 9.53 Å². The summed E-state index contributed by atoms with van der Waals surface area (Å²) in [6, 6.07) is 0.355. The first kappa shape index (κ1) is 21.7. The third-order valence-corrected chi connectivity index (χ3v) is 4.93. The molecule has 22 heavy (non-hydrogen) atoms. The first-order valence-corrected chi connectivity index (χ1v) is 8.63. The molecule has 1 fully saturated rings. The van der Waals surface area contributed by atoms with Crippen LogP contribution in [-0.2, 0) is 9.53 Å². The number of amides is 1. The van der Waals surface area contributed by atoms with Gasteiger partial charge in [-0.05, 0) is 50.6 Å². The average Bonchev–Trinajstić information content (AvgIpc) is 2.52. The van der Waals surface area contributed by atoms with Crippen LogP contribution in [0.5, 0.6) is 0 Å². The summed E-state index contributed by atoms with van der Waals surface area (Å²) in [5.41, 5.74) is 0. The maximum atomic E-state index is 12.7. The Kier molecular flexibility index (Phi) is 12.0. The summed E-state index contributed by atoms with van der Waals surface area (Å²) in [4.78, 5) is 14.8. The second-order valence-electron chi connectivity index (χ2n) is 6.32. The number of ether oxygens (including phenoxy) is 1. The minimum atomic E-state index is 0. The van der Waals surface area contributed by atoms with E-state index < -0.39 is 0 Å². The molecular weight excluding hydrogens is 300 g/mol. The maximum absolute atomic E-state index is 12.7. The minimum absolute atomic E-state index is 0. The molecular formula is C17H35ClN2O2. The molecule has 0 saturated carbocycles. The fourth-order valence-electron chi connectivity index (χ4n) is 3.40. The molecule has 0 radical (unpaired) electrons. The second-order valence-corrected chi connectivity index (χ2v) is 6.32. The van der Waals surface area contributed by atoms with E-state index in [0.717, 1.165) is 32.5 Å². The van der Waals surface area contributed by atoms with Gasteiger partial charge in [-0.3, -0.25) is 4.79 Å². The molecule has 1 unspecified atom stereocenters. The van der Waals surface area contributed by atoms with Gasteiger partial charge < -0.3 is 15.0 Å². The summed E-state index contributed by atoms with van der Waals surface area (Å²) in [5, 5.41) is 3.40. The molecule has 132 valence electrons. The van der Waals surface area contributed by atoms with E-state index in [0.29, 0.717) is 36.8 Å². The fourth-order valence-corrected chi connectivity index (χ4v) is 3.40. The smallest absolute Gasteiger partial charge is 0.223 e. The van der Waals surface area contributed by atoms with E-state index in [1.165, 1.54) is 12.8 Å². The normalized spacial score (nSPS) is 17.1. The predicted molar refractivity (Wildman–Crippen MR) is 94.6 cm³/mol. The van der Waals surface area contributed by atoms with E-state index >= 15 is 0 Å². The molecule has 1 heterocycles. The number of carbonyl (C=O) groups is 1. The number of nitrogens with zero attached hydrogens (tertiary/aromatic N) is 1. The standard InChI is InChI=1S/C17H34N2O2.ClH/c1-5-16(6-2)19(11-12-21-4)17(20)13-14(3)15-7-9-18-10-8-15;/h14-16,18H,5-13H2,1-4H3;1H. The Morgan fingerprint density at radius 2 is 1.86 bits per heavy atom. The van der Waals surface area contributed by atoms with Crippen LogP contribution in [0.15, 0.2) is 0 Å². The highest BCUT2D eigenvalue weighted by atomic mass is 35.5. The van der Waals surface area contributed by atoms with E-state index in [2.05, 4.69) is 31.0 Å². The van der Waals surface area contributed by atoms with Gasteiger partial charge in [0.05, 0.1) is 6.61 Å². The molecule has 0 bridgehead atoms. The number of methoxy groups -OCH3 is 1. The zero-order chi connectivity index (χ0) is 15.7. The van der Waals surface area contributed by atoms with Crippen LogP contribution in [-0.4, -0.2) is 50.2 Å². The van der Waals surface area contributed by atoms with Crippen molar-refractivity contribution in [2.45, 2.75) is 58.9 Å². The van der Waals surface area contributed by atoms with Crippen molar-refractivity contribution in [3.63, 3.8) is 0 Å². The molecule has 1 saturated heterocycles. The quantitative estimate of drug-likeness (QED) is 0.704. The molecule has 0 aliphatic carbocycles. The van der Waals surface area contributed by atoms with Gasteiger partial charge in [0.25, 0.3) is 0 Å². The third kappa shape index (κ3) is 6.84. The Labute approximate surface area is 142 Å². The van der Waals surface area contributed by atoms with Gasteiger partial charge in [-0.1, -0.05) is 20.8 Å². The van der Waals surface area contributed by atoms with Gasteiger partial charge in [-0.15, -0.1) is 12.4 Å². The Morgan fingerprint density at radius 1 is 1.27 bits per heavy atom. The summed E-state index contributed by atoms with van der Waals surface area (Å²) < 4.78 is 5.18. The maximum Gasteiger partial charge on any atom is 0.223 e. The molecule has 0 aromatic heterocycles. The SMILES string of the molecule is CCC(CC)N(CCOC)C(=O)CC(C)C1CCNCC1.Cl. The Hall–Kier alpha value is -0.320. The highest BCUT2D eigenvalue weighted by Crippen LogP contribution is 2.25. The van der Waals surface area contributed by atoms with Crippen LogP contribution in [0, 0.1) is 11.8 Å². The van der Waals surface area contributed by atoms with Gasteiger partial charge in [0.15, 0.2) is 0 Å².